The summed E-state index contributed by atoms with van der Waals surface area (Å²) < 4.78 is 8.14. The minimum Gasteiger partial charge on any atom is -0.490 e. The molecule has 0 spiro atoms. The topological polar surface area (TPSA) is 46.8 Å². The van der Waals surface area contributed by atoms with E-state index in [1.165, 1.54) is 0 Å². The first-order valence-electron chi connectivity index (χ1n) is 9.70. The number of fused-ring (bicyclic) bond motifs is 1. The van der Waals surface area contributed by atoms with E-state index in [0.717, 1.165) is 54.9 Å². The van der Waals surface area contributed by atoms with E-state index in [0.29, 0.717) is 6.42 Å². The maximum atomic E-state index is 12.0. The van der Waals surface area contributed by atoms with Crippen LogP contribution in [0.25, 0.3) is 16.8 Å². The number of aromatic nitrogens is 2. The predicted octanol–water partition coefficient (Wildman–Crippen LogP) is 4.17. The zero-order chi connectivity index (χ0) is 18.6. The largest absolute Gasteiger partial charge is 0.490 e. The second-order valence-electron chi connectivity index (χ2n) is 7.08. The lowest BCUT2D eigenvalue weighted by Crippen LogP contribution is -2.41. The Hall–Kier alpha value is -2.82. The van der Waals surface area contributed by atoms with Crippen LogP contribution in [0.5, 0.6) is 5.75 Å². The van der Waals surface area contributed by atoms with Crippen LogP contribution in [0, 0.1) is 0 Å². The molecular formula is C22H25N3O2. The van der Waals surface area contributed by atoms with Gasteiger partial charge in [0.25, 0.3) is 0 Å². The Morgan fingerprint density at radius 1 is 1.11 bits per heavy atom. The van der Waals surface area contributed by atoms with E-state index in [4.69, 9.17) is 4.74 Å². The molecule has 0 unspecified atom stereocenters. The lowest BCUT2D eigenvalue weighted by molar-refractivity contribution is -0.133. The first-order chi connectivity index (χ1) is 13.2. The van der Waals surface area contributed by atoms with E-state index >= 15 is 0 Å². The highest BCUT2D eigenvalue weighted by Crippen LogP contribution is 2.25. The van der Waals surface area contributed by atoms with Crippen LogP contribution in [-0.2, 0) is 4.79 Å². The lowest BCUT2D eigenvalue weighted by Gasteiger charge is -2.32. The number of nitrogens with zero attached hydrogens (tertiary/aromatic N) is 3. The zero-order valence-electron chi connectivity index (χ0n) is 15.7. The summed E-state index contributed by atoms with van der Waals surface area (Å²) >= 11 is 0. The van der Waals surface area contributed by atoms with Crippen molar-refractivity contribution >= 4 is 11.6 Å². The summed E-state index contributed by atoms with van der Waals surface area (Å²) in [7, 11) is 0. The van der Waals surface area contributed by atoms with Gasteiger partial charge in [-0.2, -0.15) is 0 Å². The first kappa shape index (κ1) is 17.6. The third kappa shape index (κ3) is 3.97. The molecule has 5 heteroatoms. The van der Waals surface area contributed by atoms with Crippen LogP contribution in [0.15, 0.2) is 55.0 Å². The molecular weight excluding hydrogens is 338 g/mol. The summed E-state index contributed by atoms with van der Waals surface area (Å²) in [6.07, 6.45) is 9.31. The Bertz CT molecular complexity index is 909. The first-order valence-corrected chi connectivity index (χ1v) is 9.70. The highest BCUT2D eigenvalue weighted by Gasteiger charge is 2.23. The number of carbonyl (C=O) groups excluding carboxylic acids is 1. The van der Waals surface area contributed by atoms with Gasteiger partial charge in [-0.25, -0.2) is 4.98 Å². The molecule has 1 aromatic carbocycles. The Balaban J connectivity index is 1.36. The maximum absolute atomic E-state index is 12.0. The highest BCUT2D eigenvalue weighted by atomic mass is 16.5. The van der Waals surface area contributed by atoms with Gasteiger partial charge in [0.05, 0.1) is 0 Å². The van der Waals surface area contributed by atoms with Crippen LogP contribution in [0.2, 0.25) is 0 Å². The molecule has 1 aliphatic rings. The molecule has 1 fully saturated rings. The Labute approximate surface area is 159 Å². The van der Waals surface area contributed by atoms with Crippen LogP contribution in [0.3, 0.4) is 0 Å². The van der Waals surface area contributed by atoms with E-state index in [9.17, 15) is 4.79 Å². The van der Waals surface area contributed by atoms with Gasteiger partial charge in [0.15, 0.2) is 0 Å². The summed E-state index contributed by atoms with van der Waals surface area (Å²) in [5, 5.41) is 0. The van der Waals surface area contributed by atoms with Crippen LogP contribution < -0.4 is 4.74 Å². The van der Waals surface area contributed by atoms with Gasteiger partial charge in [-0.05, 0) is 41.8 Å². The summed E-state index contributed by atoms with van der Waals surface area (Å²) in [6.45, 7) is 3.64. The van der Waals surface area contributed by atoms with Gasteiger partial charge >= 0.3 is 0 Å². The van der Waals surface area contributed by atoms with E-state index in [1.54, 1.807) is 6.20 Å². The fourth-order valence-corrected chi connectivity index (χ4v) is 3.60. The Morgan fingerprint density at radius 3 is 2.63 bits per heavy atom. The third-order valence-electron chi connectivity index (χ3n) is 5.15. The molecule has 3 heterocycles. The molecule has 0 N–H and O–H groups in total. The highest BCUT2D eigenvalue weighted by molar-refractivity contribution is 5.76. The number of likely N-dealkylation sites (tertiary alicyclic amines) is 1. The lowest BCUT2D eigenvalue weighted by atomic mass is 10.1. The number of pyridine rings is 1. The monoisotopic (exact) mass is 363 g/mol. The second-order valence-corrected chi connectivity index (χ2v) is 7.08. The Morgan fingerprint density at radius 2 is 1.89 bits per heavy atom. The van der Waals surface area contributed by atoms with Gasteiger partial charge in [-0.3, -0.25) is 4.79 Å². The summed E-state index contributed by atoms with van der Waals surface area (Å²) in [4.78, 5) is 18.3. The van der Waals surface area contributed by atoms with Crippen LogP contribution in [0.1, 0.15) is 32.6 Å². The number of hydrogen-bond donors (Lipinski definition) is 0. The number of rotatable bonds is 5. The van der Waals surface area contributed by atoms with Crippen molar-refractivity contribution in [2.24, 2.45) is 0 Å². The maximum Gasteiger partial charge on any atom is 0.222 e. The molecule has 1 saturated heterocycles. The summed E-state index contributed by atoms with van der Waals surface area (Å²) in [5.41, 5.74) is 3.23. The van der Waals surface area contributed by atoms with Crippen molar-refractivity contribution in [3.05, 3.63) is 55.0 Å². The standard InChI is InChI=1S/C22H25N3O2/c1-2-3-22(26)25-13-9-20(10-14-25)27-19-6-4-17(5-7-19)18-8-12-24-15-11-23-21(24)16-18/h4-8,11-12,15-16,20H,2-3,9-10,13-14H2,1H3. The van der Waals surface area contributed by atoms with Crippen molar-refractivity contribution in [2.45, 2.75) is 38.7 Å². The third-order valence-corrected chi connectivity index (χ3v) is 5.15. The molecule has 1 amide bonds. The molecule has 5 nitrogen and oxygen atoms in total. The van der Waals surface area contributed by atoms with Gasteiger partial charge in [-0.1, -0.05) is 19.1 Å². The van der Waals surface area contributed by atoms with Gasteiger partial charge in [0.2, 0.25) is 5.91 Å². The molecule has 0 saturated carbocycles. The van der Waals surface area contributed by atoms with Gasteiger partial charge in [-0.15, -0.1) is 0 Å². The van der Waals surface area contributed by atoms with Crippen molar-refractivity contribution in [1.82, 2.24) is 14.3 Å². The number of piperidine rings is 1. The number of hydrogen-bond acceptors (Lipinski definition) is 3. The molecule has 0 atom stereocenters. The van der Waals surface area contributed by atoms with Crippen molar-refractivity contribution in [1.29, 1.82) is 0 Å². The summed E-state index contributed by atoms with van der Waals surface area (Å²) in [5.74, 6) is 1.16. The van der Waals surface area contributed by atoms with E-state index in [-0.39, 0.29) is 12.0 Å². The van der Waals surface area contributed by atoms with E-state index < -0.39 is 0 Å². The van der Waals surface area contributed by atoms with E-state index in [2.05, 4.69) is 29.2 Å². The van der Waals surface area contributed by atoms with E-state index in [1.807, 2.05) is 40.8 Å². The quantitative estimate of drug-likeness (QED) is 0.683. The molecule has 1 aliphatic heterocycles. The van der Waals surface area contributed by atoms with Crippen molar-refractivity contribution in [3.8, 4) is 16.9 Å². The SMILES string of the molecule is CCCC(=O)N1CCC(Oc2ccc(-c3ccn4ccnc4c3)cc2)CC1. The number of benzene rings is 1. The molecule has 0 radical (unpaired) electrons. The zero-order valence-corrected chi connectivity index (χ0v) is 15.7. The fourth-order valence-electron chi connectivity index (χ4n) is 3.60. The van der Waals surface area contributed by atoms with Crippen LogP contribution >= 0.6 is 0 Å². The molecule has 4 rings (SSSR count). The predicted molar refractivity (Wildman–Crippen MR) is 106 cm³/mol. The van der Waals surface area contributed by atoms with Crippen LogP contribution in [-0.4, -0.2) is 39.4 Å². The fraction of sp³-hybridized carbons (Fsp3) is 0.364. The number of imidazole rings is 1. The number of amides is 1. The number of carbonyl (C=O) groups is 1. The molecule has 3 aromatic rings. The average Bonchev–Trinajstić information content (AvgIpc) is 3.17. The van der Waals surface area contributed by atoms with Crippen LogP contribution in [0.4, 0.5) is 0 Å². The molecule has 0 aliphatic carbocycles. The molecule has 140 valence electrons. The van der Waals surface area contributed by atoms with Crippen molar-refractivity contribution in [3.63, 3.8) is 0 Å². The Kier molecular flexibility index (Phi) is 5.10. The van der Waals surface area contributed by atoms with Gasteiger partial charge < -0.3 is 14.0 Å². The molecule has 2 aromatic heterocycles. The number of ether oxygens (including phenoxy) is 1. The van der Waals surface area contributed by atoms with Gasteiger partial charge in [0, 0.05) is 50.9 Å². The minimum absolute atomic E-state index is 0.183. The smallest absolute Gasteiger partial charge is 0.222 e. The molecule has 0 bridgehead atoms. The average molecular weight is 363 g/mol. The van der Waals surface area contributed by atoms with Crippen molar-refractivity contribution in [2.75, 3.05) is 13.1 Å². The second kappa shape index (κ2) is 7.82. The summed E-state index contributed by atoms with van der Waals surface area (Å²) in [6, 6.07) is 12.4. The van der Waals surface area contributed by atoms with Crippen molar-refractivity contribution < 1.29 is 9.53 Å². The molecule has 27 heavy (non-hydrogen) atoms. The van der Waals surface area contributed by atoms with Gasteiger partial charge in [0.1, 0.15) is 17.5 Å². The minimum atomic E-state index is 0.183. The normalized spacial score (nSPS) is 15.2.